The summed E-state index contributed by atoms with van der Waals surface area (Å²) in [6.07, 6.45) is 4.41. The van der Waals surface area contributed by atoms with Gasteiger partial charge in [-0.2, -0.15) is 0 Å². The summed E-state index contributed by atoms with van der Waals surface area (Å²) < 4.78 is 0. The first-order chi connectivity index (χ1) is 9.54. The Labute approximate surface area is 125 Å². The molecule has 2 aliphatic heterocycles. The Bertz CT molecular complexity index is 305. The van der Waals surface area contributed by atoms with Crippen LogP contribution in [0.4, 0.5) is 0 Å². The van der Waals surface area contributed by atoms with E-state index in [1.165, 1.54) is 52.0 Å². The van der Waals surface area contributed by atoms with Crippen LogP contribution in [0.25, 0.3) is 0 Å². The number of hydrogen-bond acceptors (Lipinski definition) is 2. The third-order valence-corrected chi connectivity index (χ3v) is 6.53. The minimum absolute atomic E-state index is 0.753. The summed E-state index contributed by atoms with van der Waals surface area (Å²) in [6.45, 7) is 16.4. The van der Waals surface area contributed by atoms with Crippen molar-refractivity contribution in [2.45, 2.75) is 53.0 Å². The fourth-order valence-corrected chi connectivity index (χ4v) is 4.84. The molecular weight excluding hydrogens is 244 g/mol. The Morgan fingerprint density at radius 1 is 0.950 bits per heavy atom. The van der Waals surface area contributed by atoms with Crippen molar-refractivity contribution in [3.63, 3.8) is 0 Å². The lowest BCUT2D eigenvalue weighted by Crippen LogP contribution is -2.59. The van der Waals surface area contributed by atoms with Crippen LogP contribution in [0.5, 0.6) is 0 Å². The van der Waals surface area contributed by atoms with E-state index in [9.17, 15) is 0 Å². The van der Waals surface area contributed by atoms with E-state index in [1.807, 2.05) is 0 Å². The molecule has 2 bridgehead atoms. The number of piperidine rings is 3. The van der Waals surface area contributed by atoms with E-state index >= 15 is 0 Å². The van der Waals surface area contributed by atoms with Crippen LogP contribution < -0.4 is 0 Å². The Kier molecular flexibility index (Phi) is 4.42. The Morgan fingerprint density at radius 3 is 2.05 bits per heavy atom. The second kappa shape index (κ2) is 5.96. The van der Waals surface area contributed by atoms with Gasteiger partial charge in [-0.3, -0.25) is 0 Å². The van der Waals surface area contributed by atoms with Crippen LogP contribution in [0.1, 0.15) is 47.0 Å². The van der Waals surface area contributed by atoms with Gasteiger partial charge in [-0.05, 0) is 75.8 Å². The van der Waals surface area contributed by atoms with Gasteiger partial charge in [0.05, 0.1) is 0 Å². The number of nitrogens with zero attached hydrogens (tertiary/aromatic N) is 2. The molecule has 1 saturated carbocycles. The number of likely N-dealkylation sites (tertiary alicyclic amines) is 2. The molecule has 0 N–H and O–H groups in total. The second-order valence-corrected chi connectivity index (χ2v) is 8.35. The van der Waals surface area contributed by atoms with E-state index in [0.717, 1.165) is 35.6 Å². The maximum Gasteiger partial charge on any atom is 0.00388 e. The molecule has 116 valence electrons. The quantitative estimate of drug-likeness (QED) is 0.778. The number of fused-ring (bicyclic) bond motifs is 2. The summed E-state index contributed by atoms with van der Waals surface area (Å²) in [5, 5.41) is 0. The van der Waals surface area contributed by atoms with Gasteiger partial charge in [-0.25, -0.2) is 0 Å². The molecule has 3 rings (SSSR count). The molecule has 0 aromatic heterocycles. The summed E-state index contributed by atoms with van der Waals surface area (Å²) in [7, 11) is 0. The fraction of sp³-hybridized carbons (Fsp3) is 1.00. The zero-order chi connectivity index (χ0) is 14.3. The van der Waals surface area contributed by atoms with Gasteiger partial charge in [0.15, 0.2) is 0 Å². The molecule has 2 unspecified atom stereocenters. The Hall–Kier alpha value is -0.0800. The topological polar surface area (TPSA) is 6.48 Å². The van der Waals surface area contributed by atoms with Crippen molar-refractivity contribution in [2.75, 3.05) is 32.7 Å². The summed E-state index contributed by atoms with van der Waals surface area (Å²) >= 11 is 0. The van der Waals surface area contributed by atoms with Crippen molar-refractivity contribution in [2.24, 2.45) is 29.6 Å². The van der Waals surface area contributed by atoms with Crippen LogP contribution in [-0.2, 0) is 0 Å². The maximum atomic E-state index is 2.79. The van der Waals surface area contributed by atoms with Crippen molar-refractivity contribution in [1.29, 1.82) is 0 Å². The average Bonchev–Trinajstić information content (AvgIpc) is 2.45. The minimum atomic E-state index is 0.753. The van der Waals surface area contributed by atoms with E-state index < -0.39 is 0 Å². The molecule has 2 nitrogen and oxygen atoms in total. The molecule has 2 atom stereocenters. The molecule has 20 heavy (non-hydrogen) atoms. The van der Waals surface area contributed by atoms with Crippen LogP contribution in [0.2, 0.25) is 0 Å². The van der Waals surface area contributed by atoms with E-state index in [4.69, 9.17) is 0 Å². The molecule has 2 heterocycles. The van der Waals surface area contributed by atoms with Gasteiger partial charge in [0, 0.05) is 25.7 Å². The zero-order valence-corrected chi connectivity index (χ0v) is 14.0. The summed E-state index contributed by atoms with van der Waals surface area (Å²) in [5.74, 6) is 4.93. The lowest BCUT2D eigenvalue weighted by atomic mass is 9.61. The smallest absolute Gasteiger partial charge is 0.00388 e. The van der Waals surface area contributed by atoms with Crippen LogP contribution in [0.15, 0.2) is 0 Å². The van der Waals surface area contributed by atoms with E-state index in [0.29, 0.717) is 0 Å². The highest BCUT2D eigenvalue weighted by Crippen LogP contribution is 2.46. The van der Waals surface area contributed by atoms with Gasteiger partial charge in [-0.1, -0.05) is 13.8 Å². The maximum absolute atomic E-state index is 2.79. The fourth-order valence-electron chi connectivity index (χ4n) is 4.84. The molecule has 2 saturated heterocycles. The first-order valence-corrected chi connectivity index (χ1v) is 9.01. The standard InChI is InChI=1S/C18H34N2/c1-13(2)15-5-7-19(8-6-15)12-18-16-9-17(18)11-20(10-16)14(3)4/h13-18H,5-12H2,1-4H3. The highest BCUT2D eigenvalue weighted by molar-refractivity contribution is 4.99. The van der Waals surface area contributed by atoms with Crippen molar-refractivity contribution in [3.05, 3.63) is 0 Å². The van der Waals surface area contributed by atoms with Crippen LogP contribution in [0.3, 0.4) is 0 Å². The predicted octanol–water partition coefficient (Wildman–Crippen LogP) is 3.33. The molecule has 0 amide bonds. The van der Waals surface area contributed by atoms with Crippen molar-refractivity contribution < 1.29 is 0 Å². The van der Waals surface area contributed by atoms with Gasteiger partial charge in [0.2, 0.25) is 0 Å². The molecule has 0 aromatic rings. The molecule has 3 fully saturated rings. The molecule has 3 aliphatic rings. The number of rotatable bonds is 4. The van der Waals surface area contributed by atoms with Crippen LogP contribution in [0, 0.1) is 29.6 Å². The first-order valence-electron chi connectivity index (χ1n) is 9.01. The normalized spacial score (nSPS) is 36.6. The second-order valence-electron chi connectivity index (χ2n) is 8.35. The molecule has 0 radical (unpaired) electrons. The monoisotopic (exact) mass is 278 g/mol. The largest absolute Gasteiger partial charge is 0.303 e. The van der Waals surface area contributed by atoms with Crippen molar-refractivity contribution >= 4 is 0 Å². The minimum Gasteiger partial charge on any atom is -0.303 e. The highest BCUT2D eigenvalue weighted by atomic mass is 15.2. The van der Waals surface area contributed by atoms with Crippen molar-refractivity contribution in [1.82, 2.24) is 9.80 Å². The van der Waals surface area contributed by atoms with Crippen molar-refractivity contribution in [3.8, 4) is 0 Å². The third kappa shape index (κ3) is 2.92. The molecule has 0 spiro atoms. The molecule has 0 aromatic carbocycles. The highest BCUT2D eigenvalue weighted by Gasteiger charge is 2.47. The zero-order valence-electron chi connectivity index (χ0n) is 14.0. The predicted molar refractivity (Wildman–Crippen MR) is 85.8 cm³/mol. The lowest BCUT2D eigenvalue weighted by molar-refractivity contribution is -0.0712. The van der Waals surface area contributed by atoms with Crippen LogP contribution >= 0.6 is 0 Å². The average molecular weight is 278 g/mol. The summed E-state index contributed by atoms with van der Waals surface area (Å²) in [4.78, 5) is 5.49. The SMILES string of the molecule is CC(C)C1CCN(CC2C3CC2CN(C(C)C)C3)CC1. The third-order valence-electron chi connectivity index (χ3n) is 6.53. The van der Waals surface area contributed by atoms with Gasteiger partial charge in [0.1, 0.15) is 0 Å². The van der Waals surface area contributed by atoms with Gasteiger partial charge in [0.25, 0.3) is 0 Å². The van der Waals surface area contributed by atoms with Crippen LogP contribution in [-0.4, -0.2) is 48.6 Å². The van der Waals surface area contributed by atoms with Gasteiger partial charge < -0.3 is 9.80 Å². The molecular formula is C18H34N2. The van der Waals surface area contributed by atoms with Gasteiger partial charge in [-0.15, -0.1) is 0 Å². The Morgan fingerprint density at radius 2 is 1.55 bits per heavy atom. The molecule has 2 heteroatoms. The summed E-state index contributed by atoms with van der Waals surface area (Å²) in [5.41, 5.74) is 0. The van der Waals surface area contributed by atoms with Gasteiger partial charge >= 0.3 is 0 Å². The lowest BCUT2D eigenvalue weighted by Gasteiger charge is -2.56. The van der Waals surface area contributed by atoms with E-state index in [-0.39, 0.29) is 0 Å². The summed E-state index contributed by atoms with van der Waals surface area (Å²) in [6, 6.07) is 0.753. The van der Waals surface area contributed by atoms with E-state index in [1.54, 1.807) is 0 Å². The van der Waals surface area contributed by atoms with E-state index in [2.05, 4.69) is 37.5 Å². The number of hydrogen-bond donors (Lipinski definition) is 0. The Balaban J connectivity index is 1.45. The first kappa shape index (κ1) is 14.8. The molecule has 1 aliphatic carbocycles.